The largest absolute Gasteiger partial charge is 0.478 e. The molecule has 9 nitrogen and oxygen atoms in total. The highest BCUT2D eigenvalue weighted by molar-refractivity contribution is 6.30. The summed E-state index contributed by atoms with van der Waals surface area (Å²) in [6, 6.07) is 9.58. The van der Waals surface area contributed by atoms with Crippen molar-refractivity contribution in [3.8, 4) is 5.88 Å². The molecule has 0 amide bonds. The van der Waals surface area contributed by atoms with Gasteiger partial charge >= 0.3 is 5.97 Å². The minimum Gasteiger partial charge on any atom is -0.478 e. The number of piperidine rings is 1. The Hall–Kier alpha value is -3.27. The van der Waals surface area contributed by atoms with Crippen LogP contribution in [0.15, 0.2) is 48.3 Å². The van der Waals surface area contributed by atoms with Crippen LogP contribution in [0.2, 0.25) is 5.02 Å². The number of nitrogens with zero attached hydrogens (tertiary/aromatic N) is 5. The molecule has 0 saturated carbocycles. The van der Waals surface area contributed by atoms with Gasteiger partial charge in [-0.1, -0.05) is 17.7 Å². The molecule has 0 unspecified atom stereocenters. The van der Waals surface area contributed by atoms with Gasteiger partial charge in [-0.2, -0.15) is 0 Å². The molecular weight excluding hydrogens is 506 g/mol. The van der Waals surface area contributed by atoms with E-state index < -0.39 is 5.97 Å². The van der Waals surface area contributed by atoms with E-state index in [1.807, 2.05) is 18.2 Å². The van der Waals surface area contributed by atoms with Crippen LogP contribution in [0.1, 0.15) is 55.0 Å². The topological polar surface area (TPSA) is 103 Å². The maximum Gasteiger partial charge on any atom is 0.331 e. The van der Waals surface area contributed by atoms with E-state index in [9.17, 15) is 9.90 Å². The van der Waals surface area contributed by atoms with Crippen molar-refractivity contribution in [2.45, 2.75) is 57.9 Å². The second-order valence-corrected chi connectivity index (χ2v) is 10.3. The van der Waals surface area contributed by atoms with Gasteiger partial charge in [0.2, 0.25) is 5.88 Å². The lowest BCUT2D eigenvalue weighted by Crippen LogP contribution is -2.35. The highest BCUT2D eigenvalue weighted by atomic mass is 35.5. The van der Waals surface area contributed by atoms with E-state index in [0.717, 1.165) is 61.9 Å². The van der Waals surface area contributed by atoms with Gasteiger partial charge in [-0.15, -0.1) is 0 Å². The Bertz CT molecular complexity index is 1280. The van der Waals surface area contributed by atoms with E-state index in [-0.39, 0.29) is 11.7 Å². The number of ether oxygens (including phenoxy) is 2. The summed E-state index contributed by atoms with van der Waals surface area (Å²) in [7, 11) is 0. The molecule has 2 fully saturated rings. The molecule has 38 heavy (non-hydrogen) atoms. The van der Waals surface area contributed by atoms with Crippen LogP contribution in [0, 0.1) is 0 Å². The van der Waals surface area contributed by atoms with Crippen molar-refractivity contribution in [3.63, 3.8) is 0 Å². The maximum atomic E-state index is 11.4. The first-order valence-corrected chi connectivity index (χ1v) is 13.3. The molecule has 1 N–H and O–H groups in total. The normalized spacial score (nSPS) is 18.8. The van der Waals surface area contributed by atoms with Crippen molar-refractivity contribution in [3.05, 3.63) is 76.2 Å². The SMILES string of the molecule is C/C(=C\c1cnc(CN2CCC(c3cccc(OCc4ccc(Cl)cn4)n3)CC2)n1C[C@@H]1CCO1)C(=O)O. The van der Waals surface area contributed by atoms with Crippen molar-refractivity contribution in [2.24, 2.45) is 0 Å². The zero-order valence-corrected chi connectivity index (χ0v) is 22.2. The maximum absolute atomic E-state index is 11.4. The smallest absolute Gasteiger partial charge is 0.331 e. The second kappa shape index (κ2) is 12.1. The molecule has 200 valence electrons. The lowest BCUT2D eigenvalue weighted by atomic mass is 9.93. The van der Waals surface area contributed by atoms with Crippen LogP contribution in [0.25, 0.3) is 6.08 Å². The molecule has 2 aliphatic rings. The molecule has 0 aliphatic carbocycles. The third-order valence-corrected chi connectivity index (χ3v) is 7.35. The Labute approximate surface area is 227 Å². The number of likely N-dealkylation sites (tertiary alicyclic amines) is 1. The first kappa shape index (κ1) is 26.3. The number of rotatable bonds is 10. The quantitative estimate of drug-likeness (QED) is 0.375. The number of hydrogen-bond donors (Lipinski definition) is 1. The van der Waals surface area contributed by atoms with Gasteiger partial charge in [0.15, 0.2) is 0 Å². The van der Waals surface area contributed by atoms with Crippen LogP contribution in [-0.4, -0.2) is 61.3 Å². The lowest BCUT2D eigenvalue weighted by molar-refractivity contribution is -0.132. The third-order valence-electron chi connectivity index (χ3n) is 7.12. The second-order valence-electron chi connectivity index (χ2n) is 9.83. The van der Waals surface area contributed by atoms with Gasteiger partial charge in [0.25, 0.3) is 0 Å². The third kappa shape index (κ3) is 6.59. The fourth-order valence-corrected chi connectivity index (χ4v) is 4.87. The van der Waals surface area contributed by atoms with Gasteiger partial charge in [-0.05, 0) is 63.6 Å². The van der Waals surface area contributed by atoms with E-state index in [2.05, 4.69) is 25.5 Å². The Morgan fingerprint density at radius 3 is 2.68 bits per heavy atom. The zero-order chi connectivity index (χ0) is 26.5. The molecule has 2 aliphatic heterocycles. The average Bonchev–Trinajstić information content (AvgIpc) is 3.26. The number of hydrogen-bond acceptors (Lipinski definition) is 7. The number of carbonyl (C=O) groups is 1. The van der Waals surface area contributed by atoms with E-state index in [1.54, 1.807) is 31.5 Å². The Morgan fingerprint density at radius 2 is 2.00 bits per heavy atom. The number of aliphatic carboxylic acids is 1. The Morgan fingerprint density at radius 1 is 1.18 bits per heavy atom. The fourth-order valence-electron chi connectivity index (χ4n) is 4.76. The van der Waals surface area contributed by atoms with Gasteiger partial charge < -0.3 is 19.1 Å². The summed E-state index contributed by atoms with van der Waals surface area (Å²) in [5.74, 6) is 0.973. The number of halogens is 1. The summed E-state index contributed by atoms with van der Waals surface area (Å²) in [6.45, 7) is 5.98. The lowest BCUT2D eigenvalue weighted by Gasteiger charge is -2.32. The van der Waals surface area contributed by atoms with Gasteiger partial charge in [-0.25, -0.2) is 14.8 Å². The summed E-state index contributed by atoms with van der Waals surface area (Å²) in [6.07, 6.45) is 8.21. The monoisotopic (exact) mass is 537 g/mol. The Balaban J connectivity index is 1.19. The molecule has 0 aromatic carbocycles. The summed E-state index contributed by atoms with van der Waals surface area (Å²) in [4.78, 5) is 27.5. The van der Waals surface area contributed by atoms with Gasteiger partial charge in [0, 0.05) is 36.1 Å². The van der Waals surface area contributed by atoms with Gasteiger partial charge in [-0.3, -0.25) is 9.88 Å². The summed E-state index contributed by atoms with van der Waals surface area (Å²) < 4.78 is 13.6. The van der Waals surface area contributed by atoms with Crippen LogP contribution in [0.3, 0.4) is 0 Å². The summed E-state index contributed by atoms with van der Waals surface area (Å²) in [5, 5.41) is 9.92. The molecule has 3 aromatic rings. The van der Waals surface area contributed by atoms with Crippen LogP contribution in [-0.2, 0) is 29.2 Å². The number of carboxylic acid groups (broad SMARTS) is 1. The van der Waals surface area contributed by atoms with Crippen LogP contribution < -0.4 is 4.74 Å². The van der Waals surface area contributed by atoms with E-state index in [4.69, 9.17) is 26.1 Å². The van der Waals surface area contributed by atoms with Crippen LogP contribution in [0.5, 0.6) is 5.88 Å². The van der Waals surface area contributed by atoms with Crippen molar-refractivity contribution < 1.29 is 19.4 Å². The van der Waals surface area contributed by atoms with E-state index in [1.165, 1.54) is 0 Å². The molecule has 0 radical (unpaired) electrons. The van der Waals surface area contributed by atoms with Crippen molar-refractivity contribution in [2.75, 3.05) is 19.7 Å². The minimum absolute atomic E-state index is 0.155. The van der Waals surface area contributed by atoms with Crippen LogP contribution >= 0.6 is 11.6 Å². The number of imidazole rings is 1. The number of pyridine rings is 2. The predicted molar refractivity (Wildman–Crippen MR) is 143 cm³/mol. The summed E-state index contributed by atoms with van der Waals surface area (Å²) in [5.41, 5.74) is 2.94. The molecule has 5 heterocycles. The molecule has 2 saturated heterocycles. The predicted octanol–water partition coefficient (Wildman–Crippen LogP) is 4.56. The van der Waals surface area contributed by atoms with Crippen LogP contribution in [0.4, 0.5) is 0 Å². The highest BCUT2D eigenvalue weighted by Crippen LogP contribution is 2.29. The summed E-state index contributed by atoms with van der Waals surface area (Å²) >= 11 is 5.91. The fraction of sp³-hybridized carbons (Fsp3) is 0.429. The standard InChI is InChI=1S/C28H32ClN5O4/c1-19(28(35)36)13-23-15-31-26(34(23)16-24-9-12-37-24)17-33-10-7-20(8-11-33)25-3-2-4-27(32-25)38-18-22-6-5-21(29)14-30-22/h2-6,13-15,20,24H,7-12,16-18H2,1H3,(H,35,36)/b19-13+/t24-/m0/s1. The molecule has 0 spiro atoms. The van der Waals surface area contributed by atoms with Crippen molar-refractivity contribution in [1.82, 2.24) is 24.4 Å². The van der Waals surface area contributed by atoms with E-state index in [0.29, 0.717) is 36.5 Å². The molecular formula is C28H32ClN5O4. The molecule has 0 bridgehead atoms. The van der Waals surface area contributed by atoms with E-state index >= 15 is 0 Å². The number of aromatic nitrogens is 4. The van der Waals surface area contributed by atoms with Crippen molar-refractivity contribution in [1.29, 1.82) is 0 Å². The van der Waals surface area contributed by atoms with Gasteiger partial charge in [0.1, 0.15) is 12.4 Å². The minimum atomic E-state index is -0.925. The molecule has 5 rings (SSSR count). The highest BCUT2D eigenvalue weighted by Gasteiger charge is 2.25. The van der Waals surface area contributed by atoms with Gasteiger partial charge in [0.05, 0.1) is 41.8 Å². The molecule has 10 heteroatoms. The average molecular weight is 538 g/mol. The molecule has 3 aromatic heterocycles. The van der Waals surface area contributed by atoms with Crippen molar-refractivity contribution >= 4 is 23.6 Å². The zero-order valence-electron chi connectivity index (χ0n) is 21.4. The number of carboxylic acids is 1. The first-order chi connectivity index (χ1) is 18.4. The first-order valence-electron chi connectivity index (χ1n) is 12.9. The molecule has 1 atom stereocenters. The Kier molecular flexibility index (Phi) is 8.36.